The van der Waals surface area contributed by atoms with E-state index >= 15 is 0 Å². The molecule has 2 rings (SSSR count). The van der Waals surface area contributed by atoms with Gasteiger partial charge in [0, 0.05) is 11.4 Å². The number of unbranched alkanes of at least 4 members (excludes halogenated alkanes) is 6. The van der Waals surface area contributed by atoms with Crippen molar-refractivity contribution in [2.45, 2.75) is 105 Å². The quantitative estimate of drug-likeness (QED) is 0.276. The summed E-state index contributed by atoms with van der Waals surface area (Å²) in [5.74, 6) is 0. The average Bonchev–Trinajstić information content (AvgIpc) is 2.76. The van der Waals surface area contributed by atoms with Crippen molar-refractivity contribution < 1.29 is 0 Å². The van der Waals surface area contributed by atoms with E-state index in [9.17, 15) is 0 Å². The van der Waals surface area contributed by atoms with Crippen molar-refractivity contribution in [2.75, 3.05) is 11.5 Å². The lowest BCUT2D eigenvalue weighted by atomic mass is 9.98. The Morgan fingerprint density at radius 3 is 1.87 bits per heavy atom. The van der Waals surface area contributed by atoms with Crippen LogP contribution in [0.15, 0.2) is 36.4 Å². The summed E-state index contributed by atoms with van der Waals surface area (Å²) in [4.78, 5) is 0. The topological polar surface area (TPSA) is 52.0 Å². The minimum Gasteiger partial charge on any atom is -0.399 e. The molecule has 2 nitrogen and oxygen atoms in total. The minimum atomic E-state index is 0.962. The summed E-state index contributed by atoms with van der Waals surface area (Å²) in [6, 6.07) is 12.7. The molecule has 0 aromatic heterocycles. The number of benzene rings is 2. The van der Waals surface area contributed by atoms with Gasteiger partial charge in [-0.2, -0.15) is 0 Å². The van der Waals surface area contributed by atoms with Crippen LogP contribution in [0.2, 0.25) is 0 Å². The standard InChI is InChI=1S/2C14H23N/c1-3-5-6-7-10-13-12(4-2)9-8-11-14(13)15;1-3-5-6-7-8-13-11-12(4-2)9-10-14(13)15/h8-9,11H,3-7,10,15H2,1-2H3;9-11H,3-8,15H2,1-2H3. The van der Waals surface area contributed by atoms with Crippen LogP contribution >= 0.6 is 0 Å². The number of nitrogen functional groups attached to an aromatic ring is 2. The van der Waals surface area contributed by atoms with E-state index in [4.69, 9.17) is 11.5 Å². The molecule has 0 aliphatic carbocycles. The number of nitrogens with two attached hydrogens (primary N) is 2. The van der Waals surface area contributed by atoms with Crippen molar-refractivity contribution in [3.63, 3.8) is 0 Å². The van der Waals surface area contributed by atoms with Crippen molar-refractivity contribution >= 4 is 11.4 Å². The zero-order chi connectivity index (χ0) is 22.2. The van der Waals surface area contributed by atoms with E-state index in [0.29, 0.717) is 0 Å². The Kier molecular flexibility index (Phi) is 13.8. The second kappa shape index (κ2) is 15.8. The summed E-state index contributed by atoms with van der Waals surface area (Å²) < 4.78 is 0. The molecule has 0 spiro atoms. The number of anilines is 2. The Hall–Kier alpha value is -1.96. The first kappa shape index (κ1) is 26.1. The van der Waals surface area contributed by atoms with Gasteiger partial charge < -0.3 is 11.5 Å². The van der Waals surface area contributed by atoms with Gasteiger partial charge in [-0.15, -0.1) is 0 Å². The monoisotopic (exact) mass is 410 g/mol. The molecule has 0 aliphatic heterocycles. The number of hydrogen-bond acceptors (Lipinski definition) is 2. The summed E-state index contributed by atoms with van der Waals surface area (Å²) in [6.07, 6.45) is 14.9. The maximum atomic E-state index is 6.01. The minimum absolute atomic E-state index is 0.962. The van der Waals surface area contributed by atoms with Gasteiger partial charge in [0.05, 0.1) is 0 Å². The van der Waals surface area contributed by atoms with E-state index in [1.54, 1.807) is 0 Å². The van der Waals surface area contributed by atoms with Crippen LogP contribution in [0.4, 0.5) is 11.4 Å². The molecule has 0 heterocycles. The van der Waals surface area contributed by atoms with E-state index in [1.165, 1.54) is 73.6 Å². The molecule has 4 N–H and O–H groups in total. The van der Waals surface area contributed by atoms with Gasteiger partial charge in [0.1, 0.15) is 0 Å². The Bertz CT molecular complexity index is 706. The Labute approximate surface area is 186 Å². The fourth-order valence-electron chi connectivity index (χ4n) is 3.86. The predicted molar refractivity (Wildman–Crippen MR) is 136 cm³/mol. The van der Waals surface area contributed by atoms with Crippen LogP contribution in [0, 0.1) is 0 Å². The Morgan fingerprint density at radius 1 is 0.600 bits per heavy atom. The van der Waals surface area contributed by atoms with Crippen LogP contribution < -0.4 is 11.5 Å². The molecule has 30 heavy (non-hydrogen) atoms. The van der Waals surface area contributed by atoms with Gasteiger partial charge in [-0.25, -0.2) is 0 Å². The predicted octanol–water partition coefficient (Wildman–Crippen LogP) is 7.91. The van der Waals surface area contributed by atoms with Crippen LogP contribution in [0.25, 0.3) is 0 Å². The molecule has 168 valence electrons. The van der Waals surface area contributed by atoms with Crippen LogP contribution in [-0.4, -0.2) is 0 Å². The van der Waals surface area contributed by atoms with Crippen LogP contribution in [-0.2, 0) is 25.7 Å². The van der Waals surface area contributed by atoms with E-state index in [1.807, 2.05) is 12.1 Å². The smallest absolute Gasteiger partial charge is 0.0349 e. The van der Waals surface area contributed by atoms with Crippen molar-refractivity contribution in [1.82, 2.24) is 0 Å². The van der Waals surface area contributed by atoms with E-state index in [2.05, 4.69) is 52.0 Å². The third kappa shape index (κ3) is 9.69. The molecular weight excluding hydrogens is 364 g/mol. The van der Waals surface area contributed by atoms with Crippen LogP contribution in [0.1, 0.15) is 101 Å². The maximum Gasteiger partial charge on any atom is 0.0349 e. The molecule has 2 heteroatoms. The fourth-order valence-corrected chi connectivity index (χ4v) is 3.86. The van der Waals surface area contributed by atoms with Gasteiger partial charge in [-0.05, 0) is 72.9 Å². The Balaban J connectivity index is 0.000000300. The largest absolute Gasteiger partial charge is 0.399 e. The highest BCUT2D eigenvalue weighted by Crippen LogP contribution is 2.20. The third-order valence-corrected chi connectivity index (χ3v) is 5.89. The first-order valence-corrected chi connectivity index (χ1v) is 12.3. The first-order chi connectivity index (χ1) is 14.6. The van der Waals surface area contributed by atoms with Gasteiger partial charge in [0.25, 0.3) is 0 Å². The highest BCUT2D eigenvalue weighted by atomic mass is 14.6. The summed E-state index contributed by atoms with van der Waals surface area (Å²) in [5.41, 5.74) is 19.5. The third-order valence-electron chi connectivity index (χ3n) is 5.89. The van der Waals surface area contributed by atoms with E-state index in [0.717, 1.165) is 37.1 Å². The molecule has 0 aliphatic rings. The summed E-state index contributed by atoms with van der Waals surface area (Å²) in [6.45, 7) is 8.87. The van der Waals surface area contributed by atoms with Crippen molar-refractivity contribution in [1.29, 1.82) is 0 Å². The SMILES string of the molecule is CCCCCCc1c(N)cccc1CC.CCCCCCc1cc(CC)ccc1N. The fraction of sp³-hybridized carbons (Fsp3) is 0.571. The lowest BCUT2D eigenvalue weighted by Crippen LogP contribution is -1.99. The molecule has 0 fully saturated rings. The summed E-state index contributed by atoms with van der Waals surface area (Å²) in [7, 11) is 0. The Morgan fingerprint density at radius 2 is 1.27 bits per heavy atom. The number of rotatable bonds is 12. The van der Waals surface area contributed by atoms with Gasteiger partial charge in [-0.3, -0.25) is 0 Å². The average molecular weight is 411 g/mol. The second-order valence-electron chi connectivity index (χ2n) is 8.35. The van der Waals surface area contributed by atoms with Crippen molar-refractivity contribution in [3.05, 3.63) is 58.7 Å². The van der Waals surface area contributed by atoms with Gasteiger partial charge in [-0.1, -0.05) is 90.5 Å². The first-order valence-electron chi connectivity index (χ1n) is 12.3. The van der Waals surface area contributed by atoms with Gasteiger partial charge in [0.15, 0.2) is 0 Å². The van der Waals surface area contributed by atoms with Crippen molar-refractivity contribution in [2.24, 2.45) is 0 Å². The van der Waals surface area contributed by atoms with E-state index in [-0.39, 0.29) is 0 Å². The lowest BCUT2D eigenvalue weighted by Gasteiger charge is -2.10. The van der Waals surface area contributed by atoms with Crippen LogP contribution in [0.5, 0.6) is 0 Å². The summed E-state index contributed by atoms with van der Waals surface area (Å²) in [5, 5.41) is 0. The molecule has 2 aromatic rings. The molecule has 0 amide bonds. The zero-order valence-corrected chi connectivity index (χ0v) is 20.1. The van der Waals surface area contributed by atoms with Crippen LogP contribution in [0.3, 0.4) is 0 Å². The molecule has 0 atom stereocenters. The lowest BCUT2D eigenvalue weighted by molar-refractivity contribution is 0.665. The second-order valence-corrected chi connectivity index (χ2v) is 8.35. The summed E-state index contributed by atoms with van der Waals surface area (Å²) >= 11 is 0. The molecule has 0 saturated heterocycles. The van der Waals surface area contributed by atoms with E-state index < -0.39 is 0 Å². The van der Waals surface area contributed by atoms with Gasteiger partial charge >= 0.3 is 0 Å². The molecule has 0 saturated carbocycles. The molecular formula is C28H46N2. The molecule has 0 bridgehead atoms. The molecule has 2 aromatic carbocycles. The number of aryl methyl sites for hydroxylation is 3. The number of hydrogen-bond donors (Lipinski definition) is 2. The zero-order valence-electron chi connectivity index (χ0n) is 20.1. The van der Waals surface area contributed by atoms with Crippen molar-refractivity contribution in [3.8, 4) is 0 Å². The highest BCUT2D eigenvalue weighted by molar-refractivity contribution is 5.51. The van der Waals surface area contributed by atoms with Gasteiger partial charge in [0.2, 0.25) is 0 Å². The maximum absolute atomic E-state index is 6.01. The highest BCUT2D eigenvalue weighted by Gasteiger charge is 2.04. The normalized spacial score (nSPS) is 10.5. The molecule has 0 radical (unpaired) electrons. The molecule has 0 unspecified atom stereocenters.